The number of hydrogen-bond donors (Lipinski definition) is 2. The summed E-state index contributed by atoms with van der Waals surface area (Å²) in [7, 11) is 0. The summed E-state index contributed by atoms with van der Waals surface area (Å²) in [4.78, 5) is 26.4. The standard InChI is InChI=1S/C14H20N2O3S/c1-2-3-4-10(15)13(17)16-7-5-11-9(6-8-20-11)12(16)14(18)19/h6,8,10,12H,2-5,7,15H2,1H3,(H,18,19). The number of rotatable bonds is 5. The third-order valence-electron chi connectivity index (χ3n) is 3.67. The second-order valence-electron chi connectivity index (χ2n) is 5.07. The number of fused-ring (bicyclic) bond motifs is 1. The molecule has 0 saturated heterocycles. The number of amides is 1. The van der Waals surface area contributed by atoms with Gasteiger partial charge in [0.2, 0.25) is 5.91 Å². The zero-order chi connectivity index (χ0) is 14.7. The molecular weight excluding hydrogens is 276 g/mol. The Morgan fingerprint density at radius 3 is 3.00 bits per heavy atom. The first-order valence-corrected chi connectivity index (χ1v) is 7.79. The number of nitrogens with two attached hydrogens (primary N) is 1. The monoisotopic (exact) mass is 296 g/mol. The number of aliphatic carboxylic acids is 1. The van der Waals surface area contributed by atoms with Crippen molar-refractivity contribution in [1.82, 2.24) is 4.90 Å². The largest absolute Gasteiger partial charge is 0.479 e. The lowest BCUT2D eigenvalue weighted by molar-refractivity contribution is -0.151. The van der Waals surface area contributed by atoms with Gasteiger partial charge in [-0.1, -0.05) is 19.8 Å². The van der Waals surface area contributed by atoms with Crippen LogP contribution in [0.4, 0.5) is 0 Å². The van der Waals surface area contributed by atoms with E-state index in [1.165, 1.54) is 4.90 Å². The Hall–Kier alpha value is -1.40. The Bertz CT molecular complexity index is 500. The van der Waals surface area contributed by atoms with E-state index in [4.69, 9.17) is 5.73 Å². The van der Waals surface area contributed by atoms with Crippen LogP contribution in [0, 0.1) is 0 Å². The van der Waals surface area contributed by atoms with Crippen molar-refractivity contribution in [2.75, 3.05) is 6.54 Å². The molecule has 0 aliphatic carbocycles. The van der Waals surface area contributed by atoms with Crippen LogP contribution in [0.25, 0.3) is 0 Å². The summed E-state index contributed by atoms with van der Waals surface area (Å²) in [5.41, 5.74) is 6.65. The van der Waals surface area contributed by atoms with E-state index < -0.39 is 18.1 Å². The smallest absolute Gasteiger partial charge is 0.331 e. The first-order chi connectivity index (χ1) is 9.56. The molecule has 1 amide bonds. The Labute approximate surface area is 122 Å². The van der Waals surface area contributed by atoms with Crippen molar-refractivity contribution < 1.29 is 14.7 Å². The molecule has 1 aliphatic heterocycles. The van der Waals surface area contributed by atoms with E-state index in [1.807, 2.05) is 12.3 Å². The third kappa shape index (κ3) is 2.86. The van der Waals surface area contributed by atoms with Crippen molar-refractivity contribution in [2.24, 2.45) is 5.73 Å². The maximum atomic E-state index is 12.4. The van der Waals surface area contributed by atoms with Crippen LogP contribution < -0.4 is 5.73 Å². The topological polar surface area (TPSA) is 83.6 Å². The highest BCUT2D eigenvalue weighted by atomic mass is 32.1. The van der Waals surface area contributed by atoms with Gasteiger partial charge in [0.15, 0.2) is 6.04 Å². The lowest BCUT2D eigenvalue weighted by Crippen LogP contribution is -2.49. The lowest BCUT2D eigenvalue weighted by Gasteiger charge is -2.34. The molecule has 2 atom stereocenters. The van der Waals surface area contributed by atoms with Crippen molar-refractivity contribution in [2.45, 2.75) is 44.7 Å². The van der Waals surface area contributed by atoms with Gasteiger partial charge in [-0.2, -0.15) is 0 Å². The van der Waals surface area contributed by atoms with Crippen LogP contribution in [0.5, 0.6) is 0 Å². The van der Waals surface area contributed by atoms with Gasteiger partial charge in [0, 0.05) is 11.4 Å². The molecule has 0 spiro atoms. The van der Waals surface area contributed by atoms with Gasteiger partial charge in [-0.25, -0.2) is 4.79 Å². The second-order valence-corrected chi connectivity index (χ2v) is 6.07. The van der Waals surface area contributed by atoms with Crippen molar-refractivity contribution in [3.05, 3.63) is 21.9 Å². The van der Waals surface area contributed by atoms with Gasteiger partial charge in [-0.05, 0) is 29.9 Å². The molecule has 0 radical (unpaired) electrons. The molecule has 0 saturated carbocycles. The minimum atomic E-state index is -0.986. The summed E-state index contributed by atoms with van der Waals surface area (Å²) in [6.45, 7) is 2.47. The zero-order valence-corrected chi connectivity index (χ0v) is 12.4. The number of carboxylic acid groups (broad SMARTS) is 1. The third-order valence-corrected chi connectivity index (χ3v) is 4.67. The molecule has 6 heteroatoms. The number of carboxylic acids is 1. The fourth-order valence-corrected chi connectivity index (χ4v) is 3.48. The molecule has 1 aliphatic rings. The van der Waals surface area contributed by atoms with Crippen LogP contribution in [0.1, 0.15) is 42.7 Å². The van der Waals surface area contributed by atoms with Crippen molar-refractivity contribution in [3.8, 4) is 0 Å². The predicted molar refractivity (Wildman–Crippen MR) is 77.6 cm³/mol. The van der Waals surface area contributed by atoms with Gasteiger partial charge < -0.3 is 15.7 Å². The Balaban J connectivity index is 2.19. The minimum Gasteiger partial charge on any atom is -0.479 e. The van der Waals surface area contributed by atoms with E-state index in [0.717, 1.165) is 23.3 Å². The fourth-order valence-electron chi connectivity index (χ4n) is 2.58. The molecular formula is C14H20N2O3S. The molecule has 0 fully saturated rings. The first-order valence-electron chi connectivity index (χ1n) is 6.91. The number of nitrogens with zero attached hydrogens (tertiary/aromatic N) is 1. The molecule has 3 N–H and O–H groups in total. The molecule has 2 heterocycles. The summed E-state index contributed by atoms with van der Waals surface area (Å²) in [6, 6.07) is 0.317. The van der Waals surface area contributed by atoms with Crippen LogP contribution in [-0.2, 0) is 16.0 Å². The summed E-state index contributed by atoms with van der Waals surface area (Å²) >= 11 is 1.55. The maximum absolute atomic E-state index is 12.4. The molecule has 0 bridgehead atoms. The Morgan fingerprint density at radius 2 is 2.35 bits per heavy atom. The average Bonchev–Trinajstić information content (AvgIpc) is 2.90. The van der Waals surface area contributed by atoms with E-state index >= 15 is 0 Å². The Kier molecular flexibility index (Phi) is 4.77. The summed E-state index contributed by atoms with van der Waals surface area (Å²) < 4.78 is 0. The van der Waals surface area contributed by atoms with Crippen LogP contribution in [0.3, 0.4) is 0 Å². The summed E-state index contributed by atoms with van der Waals surface area (Å²) in [6.07, 6.45) is 3.16. The maximum Gasteiger partial charge on any atom is 0.331 e. The number of hydrogen-bond acceptors (Lipinski definition) is 4. The summed E-state index contributed by atoms with van der Waals surface area (Å²) in [5.74, 6) is -1.23. The highest BCUT2D eigenvalue weighted by Crippen LogP contribution is 2.33. The SMILES string of the molecule is CCCCC(N)C(=O)N1CCc2sccc2C1C(=O)O. The summed E-state index contributed by atoms with van der Waals surface area (Å²) in [5, 5.41) is 11.3. The van der Waals surface area contributed by atoms with Crippen molar-refractivity contribution >= 4 is 23.2 Å². The number of unbranched alkanes of at least 4 members (excludes halogenated alkanes) is 1. The van der Waals surface area contributed by atoms with Gasteiger partial charge >= 0.3 is 5.97 Å². The van der Waals surface area contributed by atoms with E-state index in [-0.39, 0.29) is 5.91 Å². The molecule has 2 unspecified atom stereocenters. The molecule has 1 aromatic heterocycles. The molecule has 20 heavy (non-hydrogen) atoms. The highest BCUT2D eigenvalue weighted by Gasteiger charge is 2.37. The van der Waals surface area contributed by atoms with Crippen LogP contribution in [-0.4, -0.2) is 34.5 Å². The number of carbonyl (C=O) groups excluding carboxylic acids is 1. The molecule has 110 valence electrons. The van der Waals surface area contributed by atoms with Crippen LogP contribution in [0.15, 0.2) is 11.4 Å². The van der Waals surface area contributed by atoms with Gasteiger partial charge in [0.1, 0.15) is 0 Å². The molecule has 2 rings (SSSR count). The first kappa shape index (κ1) is 15.0. The quantitative estimate of drug-likeness (QED) is 0.867. The fraction of sp³-hybridized carbons (Fsp3) is 0.571. The Morgan fingerprint density at radius 1 is 1.60 bits per heavy atom. The number of thiophene rings is 1. The molecule has 0 aromatic carbocycles. The zero-order valence-electron chi connectivity index (χ0n) is 11.5. The number of carbonyl (C=O) groups is 2. The van der Waals surface area contributed by atoms with E-state index in [2.05, 4.69) is 0 Å². The van der Waals surface area contributed by atoms with E-state index in [1.54, 1.807) is 17.4 Å². The lowest BCUT2D eigenvalue weighted by atomic mass is 9.98. The normalized spacial score (nSPS) is 19.5. The van der Waals surface area contributed by atoms with Gasteiger partial charge in [0.25, 0.3) is 0 Å². The van der Waals surface area contributed by atoms with Crippen LogP contribution in [0.2, 0.25) is 0 Å². The predicted octanol–water partition coefficient (Wildman–Crippen LogP) is 1.78. The highest BCUT2D eigenvalue weighted by molar-refractivity contribution is 7.10. The minimum absolute atomic E-state index is 0.247. The molecule has 5 nitrogen and oxygen atoms in total. The van der Waals surface area contributed by atoms with Crippen molar-refractivity contribution in [1.29, 1.82) is 0 Å². The molecule has 1 aromatic rings. The van der Waals surface area contributed by atoms with Gasteiger partial charge in [-0.3, -0.25) is 4.79 Å². The van der Waals surface area contributed by atoms with E-state index in [9.17, 15) is 14.7 Å². The van der Waals surface area contributed by atoms with Gasteiger partial charge in [-0.15, -0.1) is 11.3 Å². The van der Waals surface area contributed by atoms with E-state index in [0.29, 0.717) is 19.4 Å². The van der Waals surface area contributed by atoms with Crippen molar-refractivity contribution in [3.63, 3.8) is 0 Å². The van der Waals surface area contributed by atoms with Crippen LogP contribution >= 0.6 is 11.3 Å². The second kappa shape index (κ2) is 6.37. The average molecular weight is 296 g/mol. The van der Waals surface area contributed by atoms with Gasteiger partial charge in [0.05, 0.1) is 6.04 Å².